The van der Waals surface area contributed by atoms with Gasteiger partial charge in [-0.15, -0.1) is 0 Å². The van der Waals surface area contributed by atoms with Crippen molar-refractivity contribution in [2.45, 2.75) is 0 Å². The van der Waals surface area contributed by atoms with E-state index in [9.17, 15) is 0 Å². The van der Waals surface area contributed by atoms with E-state index in [0.29, 0.717) is 11.4 Å². The van der Waals surface area contributed by atoms with Gasteiger partial charge in [-0.25, -0.2) is 9.69 Å². The van der Waals surface area contributed by atoms with E-state index in [0.717, 1.165) is 55.3 Å². The molecule has 0 radical (unpaired) electrons. The van der Waals surface area contributed by atoms with E-state index in [-0.39, 0.29) is 0 Å². The van der Waals surface area contributed by atoms with Crippen molar-refractivity contribution in [3.05, 3.63) is 156 Å². The van der Waals surface area contributed by atoms with Crippen molar-refractivity contribution < 1.29 is 0 Å². The van der Waals surface area contributed by atoms with Crippen LogP contribution >= 0.6 is 0 Å². The van der Waals surface area contributed by atoms with Crippen LogP contribution in [-0.2, 0) is 0 Å². The Labute approximate surface area is 242 Å². The summed E-state index contributed by atoms with van der Waals surface area (Å²) in [5.41, 5.74) is 9.29. The molecule has 0 aliphatic carbocycles. The fourth-order valence-electron chi connectivity index (χ4n) is 6.44. The van der Waals surface area contributed by atoms with E-state index >= 15 is 0 Å². The summed E-state index contributed by atoms with van der Waals surface area (Å²) in [5.74, 6) is 0. The maximum atomic E-state index is 8.21. The van der Waals surface area contributed by atoms with Gasteiger partial charge < -0.3 is 9.13 Å². The first kappa shape index (κ1) is 23.8. The summed E-state index contributed by atoms with van der Waals surface area (Å²) in [6, 6.07) is 45.5. The minimum atomic E-state index is 0.595. The van der Waals surface area contributed by atoms with Gasteiger partial charge in [0.1, 0.15) is 0 Å². The third-order valence-corrected chi connectivity index (χ3v) is 8.16. The molecule has 8 aromatic rings. The number of hydrogen-bond acceptors (Lipinski definition) is 0. The van der Waals surface area contributed by atoms with Gasteiger partial charge in [-0.3, -0.25) is 0 Å². The van der Waals surface area contributed by atoms with Gasteiger partial charge in [0.15, 0.2) is 11.4 Å². The first-order chi connectivity index (χ1) is 20.8. The van der Waals surface area contributed by atoms with Crippen LogP contribution in [0.4, 0.5) is 11.4 Å². The van der Waals surface area contributed by atoms with Gasteiger partial charge in [0.2, 0.25) is 0 Å². The van der Waals surface area contributed by atoms with Crippen LogP contribution in [-0.4, -0.2) is 9.13 Å². The molecule has 0 unspecified atom stereocenters. The molecule has 0 atom stereocenters. The lowest BCUT2D eigenvalue weighted by molar-refractivity contribution is 1.16. The summed E-state index contributed by atoms with van der Waals surface area (Å²) in [5, 5.41) is 4.49. The number of benzene rings is 6. The van der Waals surface area contributed by atoms with Crippen LogP contribution < -0.4 is 0 Å². The molecule has 0 bridgehead atoms. The molecule has 42 heavy (non-hydrogen) atoms. The van der Waals surface area contributed by atoms with Crippen LogP contribution in [0, 0.1) is 13.1 Å². The highest BCUT2D eigenvalue weighted by atomic mass is 15.0. The molecule has 0 fully saturated rings. The first-order valence-corrected chi connectivity index (χ1v) is 13.8. The van der Waals surface area contributed by atoms with Crippen molar-refractivity contribution in [1.82, 2.24) is 9.13 Å². The topological polar surface area (TPSA) is 18.6 Å². The van der Waals surface area contributed by atoms with Crippen LogP contribution in [0.1, 0.15) is 0 Å². The maximum Gasteiger partial charge on any atom is 0.197 e. The smallest absolute Gasteiger partial charge is 0.197 e. The average Bonchev–Trinajstić information content (AvgIpc) is 3.57. The second-order valence-corrected chi connectivity index (χ2v) is 10.3. The molecule has 0 aliphatic rings. The summed E-state index contributed by atoms with van der Waals surface area (Å²) in [4.78, 5) is 7.73. The third-order valence-electron chi connectivity index (χ3n) is 8.16. The van der Waals surface area contributed by atoms with Gasteiger partial charge >= 0.3 is 0 Å². The predicted molar refractivity (Wildman–Crippen MR) is 173 cm³/mol. The molecular formula is C38H22N4. The number of para-hydroxylation sites is 4. The molecule has 2 heterocycles. The quantitative estimate of drug-likeness (QED) is 0.201. The minimum Gasteiger partial charge on any atom is -0.310 e. The molecule has 0 saturated heterocycles. The van der Waals surface area contributed by atoms with Crippen molar-refractivity contribution in [3.8, 4) is 22.5 Å². The van der Waals surface area contributed by atoms with Crippen LogP contribution in [0.5, 0.6) is 0 Å². The molecule has 0 saturated carbocycles. The number of nitrogens with zero attached hydrogens (tertiary/aromatic N) is 4. The van der Waals surface area contributed by atoms with E-state index in [1.54, 1.807) is 0 Å². The van der Waals surface area contributed by atoms with Crippen molar-refractivity contribution in [2.75, 3.05) is 0 Å². The van der Waals surface area contributed by atoms with Crippen LogP contribution in [0.15, 0.2) is 133 Å². The summed E-state index contributed by atoms with van der Waals surface area (Å²) in [7, 11) is 0. The van der Waals surface area contributed by atoms with E-state index in [1.165, 1.54) is 10.8 Å². The molecule has 4 heteroatoms. The molecular weight excluding hydrogens is 512 g/mol. The van der Waals surface area contributed by atoms with Crippen molar-refractivity contribution >= 4 is 55.0 Å². The Hall–Kier alpha value is -6.10. The summed E-state index contributed by atoms with van der Waals surface area (Å²) in [6.07, 6.45) is 0. The van der Waals surface area contributed by atoms with E-state index in [1.807, 2.05) is 54.6 Å². The van der Waals surface area contributed by atoms with Crippen molar-refractivity contribution in [1.29, 1.82) is 0 Å². The fraction of sp³-hybridized carbons (Fsp3) is 0. The fourth-order valence-corrected chi connectivity index (χ4v) is 6.44. The van der Waals surface area contributed by atoms with Crippen LogP contribution in [0.3, 0.4) is 0 Å². The Bertz CT molecular complexity index is 2390. The SMILES string of the molecule is [C-]#[N+]c1ccc2c(c1)c1ccccc1n2-c1ccccc1-c1c([N+]#[C-])cccc1-n1c2ccccc2c2ccccc21. The molecule has 0 spiro atoms. The monoisotopic (exact) mass is 534 g/mol. The number of rotatable bonds is 3. The Morgan fingerprint density at radius 1 is 0.429 bits per heavy atom. The van der Waals surface area contributed by atoms with Crippen LogP contribution in [0.25, 0.3) is 75.8 Å². The lowest BCUT2D eigenvalue weighted by Gasteiger charge is -2.19. The average molecular weight is 535 g/mol. The zero-order valence-electron chi connectivity index (χ0n) is 22.5. The molecule has 0 N–H and O–H groups in total. The second kappa shape index (κ2) is 9.24. The van der Waals surface area contributed by atoms with Gasteiger partial charge in [-0.05, 0) is 53.4 Å². The number of aromatic nitrogens is 2. The molecule has 2 aromatic heterocycles. The zero-order valence-corrected chi connectivity index (χ0v) is 22.5. The third kappa shape index (κ3) is 3.33. The summed E-state index contributed by atoms with van der Waals surface area (Å²) >= 11 is 0. The lowest BCUT2D eigenvalue weighted by atomic mass is 9.98. The van der Waals surface area contributed by atoms with Gasteiger partial charge in [0, 0.05) is 27.4 Å². The standard InChI is InChI=1S/C38H22N4/c1-39-25-22-23-36-30(24-25)28-14-5-9-19-34(28)41(36)35-20-10-6-15-29(35)38-31(40-2)16-11-21-37(38)42-32-17-7-3-12-26(32)27-13-4-8-18-33(27)42/h3-24H. The largest absolute Gasteiger partial charge is 0.310 e. The highest BCUT2D eigenvalue weighted by molar-refractivity contribution is 6.12. The summed E-state index contributed by atoms with van der Waals surface area (Å²) < 4.78 is 4.56. The van der Waals surface area contributed by atoms with Gasteiger partial charge in [0.25, 0.3) is 0 Å². The minimum absolute atomic E-state index is 0.595. The van der Waals surface area contributed by atoms with Crippen molar-refractivity contribution in [2.24, 2.45) is 0 Å². The Kier molecular flexibility index (Phi) is 5.22. The van der Waals surface area contributed by atoms with E-state index in [4.69, 9.17) is 13.1 Å². The molecule has 4 nitrogen and oxygen atoms in total. The predicted octanol–water partition coefficient (Wildman–Crippen LogP) is 10.6. The van der Waals surface area contributed by atoms with Gasteiger partial charge in [-0.2, -0.15) is 0 Å². The Morgan fingerprint density at radius 2 is 0.952 bits per heavy atom. The zero-order chi connectivity index (χ0) is 28.2. The van der Waals surface area contributed by atoms with E-state index in [2.05, 4.69) is 97.7 Å². The number of hydrogen-bond donors (Lipinski definition) is 0. The van der Waals surface area contributed by atoms with Crippen molar-refractivity contribution in [3.63, 3.8) is 0 Å². The summed E-state index contributed by atoms with van der Waals surface area (Å²) in [6.45, 7) is 15.8. The molecule has 0 aliphatic heterocycles. The molecule has 8 rings (SSSR count). The normalized spacial score (nSPS) is 11.3. The molecule has 0 amide bonds. The first-order valence-electron chi connectivity index (χ1n) is 13.8. The van der Waals surface area contributed by atoms with Gasteiger partial charge in [0.05, 0.1) is 40.9 Å². The molecule has 6 aromatic carbocycles. The lowest BCUT2D eigenvalue weighted by Crippen LogP contribution is -2.01. The Balaban J connectivity index is 1.50. The maximum absolute atomic E-state index is 8.21. The Morgan fingerprint density at radius 3 is 1.60 bits per heavy atom. The van der Waals surface area contributed by atoms with Gasteiger partial charge in [-0.1, -0.05) is 91.0 Å². The van der Waals surface area contributed by atoms with Crippen LogP contribution in [0.2, 0.25) is 0 Å². The second-order valence-electron chi connectivity index (χ2n) is 10.3. The highest BCUT2D eigenvalue weighted by Gasteiger charge is 2.22. The molecule has 194 valence electrons. The number of fused-ring (bicyclic) bond motifs is 6. The van der Waals surface area contributed by atoms with E-state index < -0.39 is 0 Å². The highest BCUT2D eigenvalue weighted by Crippen LogP contribution is 2.44.